The fraction of sp³-hybridized carbons (Fsp3) is 0.179. The van der Waals surface area contributed by atoms with Crippen molar-refractivity contribution in [2.24, 2.45) is 0 Å². The summed E-state index contributed by atoms with van der Waals surface area (Å²) in [6, 6.07) is 15.7. The minimum atomic E-state index is -0.923. The molecule has 4 heterocycles. The highest BCUT2D eigenvalue weighted by Crippen LogP contribution is 2.37. The summed E-state index contributed by atoms with van der Waals surface area (Å²) < 4.78 is 15.4. The predicted octanol–water partition coefficient (Wildman–Crippen LogP) is 5.80. The second-order valence-corrected chi connectivity index (χ2v) is 9.72. The van der Waals surface area contributed by atoms with Crippen molar-refractivity contribution in [1.82, 2.24) is 19.4 Å². The van der Waals surface area contributed by atoms with E-state index in [0.717, 1.165) is 34.0 Å². The first-order valence-electron chi connectivity index (χ1n) is 11.9. The number of carbonyl (C=O) groups is 1. The standard InChI is InChI=1S/C28H23FN6O2S/c1-4-22-27(34(3)28-33-26(23(14-30)38-28)17-5-8-19(29)9-6-17)35-15-18(7-12-24(35)32-22)21-11-10-20(13-25(36)37)31-16(21)2/h5-12,15H,4,13H2,1-3H3,(H,36,37). The number of hydrogen-bond donors (Lipinski definition) is 1. The van der Waals surface area contributed by atoms with Gasteiger partial charge in [-0.15, -0.1) is 0 Å². The van der Waals surface area contributed by atoms with Gasteiger partial charge >= 0.3 is 5.97 Å². The maximum absolute atomic E-state index is 13.5. The zero-order valence-corrected chi connectivity index (χ0v) is 21.8. The first kappa shape index (κ1) is 25.0. The van der Waals surface area contributed by atoms with Crippen LogP contribution in [0.15, 0.2) is 54.7 Å². The average molecular weight is 527 g/mol. The third-order valence-electron chi connectivity index (χ3n) is 6.22. The predicted molar refractivity (Wildman–Crippen MR) is 144 cm³/mol. The Labute approximate surface area is 222 Å². The van der Waals surface area contributed by atoms with Crippen LogP contribution in [0.3, 0.4) is 0 Å². The van der Waals surface area contributed by atoms with Crippen LogP contribution in [0.25, 0.3) is 28.0 Å². The molecule has 1 aromatic carbocycles. The quantitative estimate of drug-likeness (QED) is 0.286. The summed E-state index contributed by atoms with van der Waals surface area (Å²) in [5, 5.41) is 19.5. The van der Waals surface area contributed by atoms with Crippen molar-refractivity contribution in [3.05, 3.63) is 82.5 Å². The van der Waals surface area contributed by atoms with E-state index in [1.54, 1.807) is 18.2 Å². The minimum absolute atomic E-state index is 0.130. The van der Waals surface area contributed by atoms with Crippen LogP contribution in [-0.4, -0.2) is 37.5 Å². The maximum atomic E-state index is 13.5. The number of carboxylic acid groups (broad SMARTS) is 1. The van der Waals surface area contributed by atoms with Crippen LogP contribution in [0.5, 0.6) is 0 Å². The maximum Gasteiger partial charge on any atom is 0.309 e. The number of rotatable bonds is 7. The van der Waals surface area contributed by atoms with Crippen LogP contribution in [0, 0.1) is 24.1 Å². The molecule has 1 N–H and O–H groups in total. The fourth-order valence-electron chi connectivity index (χ4n) is 4.43. The van der Waals surface area contributed by atoms with Crippen molar-refractivity contribution in [3.8, 4) is 28.5 Å². The number of aryl methyl sites for hydroxylation is 2. The number of halogens is 1. The van der Waals surface area contributed by atoms with Gasteiger partial charge in [-0.25, -0.2) is 14.4 Å². The number of hydrogen-bond acceptors (Lipinski definition) is 7. The Hall–Kier alpha value is -4.62. The summed E-state index contributed by atoms with van der Waals surface area (Å²) in [5.41, 5.74) is 5.84. The van der Waals surface area contributed by atoms with Gasteiger partial charge in [0.15, 0.2) is 5.13 Å². The highest BCUT2D eigenvalue weighted by molar-refractivity contribution is 7.16. The van der Waals surface area contributed by atoms with E-state index < -0.39 is 5.97 Å². The molecule has 0 saturated carbocycles. The van der Waals surface area contributed by atoms with Gasteiger partial charge in [-0.1, -0.05) is 24.3 Å². The molecule has 0 aliphatic heterocycles. The van der Waals surface area contributed by atoms with Crippen LogP contribution in [0.4, 0.5) is 15.3 Å². The van der Waals surface area contributed by atoms with E-state index in [2.05, 4.69) is 11.1 Å². The zero-order chi connectivity index (χ0) is 27.0. The SMILES string of the molecule is CCc1nc2ccc(-c3ccc(CC(=O)O)nc3C)cn2c1N(C)c1nc(-c2ccc(F)cc2)c(C#N)s1. The second kappa shape index (κ2) is 10.0. The molecule has 0 fully saturated rings. The molecule has 4 aromatic heterocycles. The molecular weight excluding hydrogens is 503 g/mol. The van der Waals surface area contributed by atoms with Gasteiger partial charge in [0, 0.05) is 35.6 Å². The van der Waals surface area contributed by atoms with Gasteiger partial charge < -0.3 is 10.0 Å². The van der Waals surface area contributed by atoms with E-state index in [1.807, 2.05) is 54.6 Å². The Morgan fingerprint density at radius 2 is 1.84 bits per heavy atom. The normalized spacial score (nSPS) is 11.0. The van der Waals surface area contributed by atoms with Gasteiger partial charge in [-0.2, -0.15) is 5.26 Å². The molecular formula is C28H23FN6O2S. The number of aliphatic carboxylic acids is 1. The Morgan fingerprint density at radius 1 is 1.11 bits per heavy atom. The number of aromatic nitrogens is 4. The number of fused-ring (bicyclic) bond motifs is 1. The van der Waals surface area contributed by atoms with Crippen molar-refractivity contribution in [2.45, 2.75) is 26.7 Å². The van der Waals surface area contributed by atoms with Gasteiger partial charge in [-0.05, 0) is 55.8 Å². The Kier molecular flexibility index (Phi) is 6.61. The molecule has 0 atom stereocenters. The number of carboxylic acids is 1. The van der Waals surface area contributed by atoms with Crippen molar-refractivity contribution in [3.63, 3.8) is 0 Å². The lowest BCUT2D eigenvalue weighted by Crippen LogP contribution is -2.13. The van der Waals surface area contributed by atoms with Crippen molar-refractivity contribution in [1.29, 1.82) is 5.26 Å². The summed E-state index contributed by atoms with van der Waals surface area (Å²) in [5.74, 6) is -0.453. The number of anilines is 2. The average Bonchev–Trinajstić information content (AvgIpc) is 3.50. The molecule has 10 heteroatoms. The molecule has 5 rings (SSSR count). The fourth-order valence-corrected chi connectivity index (χ4v) is 5.27. The summed E-state index contributed by atoms with van der Waals surface area (Å²) in [6.45, 7) is 3.89. The summed E-state index contributed by atoms with van der Waals surface area (Å²) in [7, 11) is 1.89. The van der Waals surface area contributed by atoms with Crippen molar-refractivity contribution >= 4 is 33.9 Å². The zero-order valence-electron chi connectivity index (χ0n) is 20.9. The summed E-state index contributed by atoms with van der Waals surface area (Å²) in [6.07, 6.45) is 2.53. The van der Waals surface area contributed by atoms with Crippen molar-refractivity contribution in [2.75, 3.05) is 11.9 Å². The molecule has 0 spiro atoms. The Bertz CT molecular complexity index is 1720. The first-order chi connectivity index (χ1) is 18.3. The molecule has 0 unspecified atom stereocenters. The Balaban J connectivity index is 1.59. The topological polar surface area (TPSA) is 107 Å². The molecule has 5 aromatic rings. The van der Waals surface area contributed by atoms with Crippen LogP contribution >= 0.6 is 11.3 Å². The molecule has 0 saturated heterocycles. The molecule has 0 aliphatic rings. The molecule has 190 valence electrons. The highest BCUT2D eigenvalue weighted by Gasteiger charge is 2.22. The van der Waals surface area contributed by atoms with Crippen LogP contribution in [0.2, 0.25) is 0 Å². The van der Waals surface area contributed by atoms with Crippen LogP contribution in [0.1, 0.15) is 28.9 Å². The minimum Gasteiger partial charge on any atom is -0.481 e. The van der Waals surface area contributed by atoms with E-state index in [9.17, 15) is 14.4 Å². The van der Waals surface area contributed by atoms with E-state index in [0.29, 0.717) is 33.4 Å². The van der Waals surface area contributed by atoms with Crippen LogP contribution in [-0.2, 0) is 17.6 Å². The number of nitriles is 1. The highest BCUT2D eigenvalue weighted by atomic mass is 32.1. The van der Waals surface area contributed by atoms with Gasteiger partial charge in [-0.3, -0.25) is 14.2 Å². The molecule has 0 radical (unpaired) electrons. The van der Waals surface area contributed by atoms with E-state index in [1.165, 1.54) is 23.5 Å². The lowest BCUT2D eigenvalue weighted by molar-refractivity contribution is -0.136. The van der Waals surface area contributed by atoms with E-state index >= 15 is 0 Å². The van der Waals surface area contributed by atoms with Crippen LogP contribution < -0.4 is 4.90 Å². The second-order valence-electron chi connectivity index (χ2n) is 8.74. The molecule has 0 aliphatic carbocycles. The number of pyridine rings is 2. The molecule has 0 bridgehead atoms. The third kappa shape index (κ3) is 4.60. The smallest absolute Gasteiger partial charge is 0.309 e. The van der Waals surface area contributed by atoms with Gasteiger partial charge in [0.2, 0.25) is 0 Å². The number of thiazole rings is 1. The number of imidazole rings is 1. The Morgan fingerprint density at radius 3 is 2.50 bits per heavy atom. The first-order valence-corrected chi connectivity index (χ1v) is 12.7. The van der Waals surface area contributed by atoms with E-state index in [-0.39, 0.29) is 12.2 Å². The molecule has 0 amide bonds. The lowest BCUT2D eigenvalue weighted by Gasteiger charge is -2.17. The summed E-state index contributed by atoms with van der Waals surface area (Å²) >= 11 is 1.26. The van der Waals surface area contributed by atoms with Gasteiger partial charge in [0.1, 0.15) is 33.9 Å². The molecule has 8 nitrogen and oxygen atoms in total. The lowest BCUT2D eigenvalue weighted by atomic mass is 10.1. The largest absolute Gasteiger partial charge is 0.481 e. The monoisotopic (exact) mass is 526 g/mol. The third-order valence-corrected chi connectivity index (χ3v) is 7.26. The van der Waals surface area contributed by atoms with Crippen molar-refractivity contribution < 1.29 is 14.3 Å². The van der Waals surface area contributed by atoms with Gasteiger partial charge in [0.05, 0.1) is 17.8 Å². The van der Waals surface area contributed by atoms with E-state index in [4.69, 9.17) is 15.1 Å². The van der Waals surface area contributed by atoms with Gasteiger partial charge in [0.25, 0.3) is 0 Å². The number of benzene rings is 1. The molecule has 38 heavy (non-hydrogen) atoms. The number of nitrogens with zero attached hydrogens (tertiary/aromatic N) is 6. The summed E-state index contributed by atoms with van der Waals surface area (Å²) in [4.78, 5) is 27.5.